The number of benzene rings is 2. The molecule has 28 heavy (non-hydrogen) atoms. The first-order valence-electron chi connectivity index (χ1n) is 8.47. The highest BCUT2D eigenvalue weighted by atomic mass is 32.1. The van der Waals surface area contributed by atoms with Gasteiger partial charge in [0.1, 0.15) is 10.8 Å². The van der Waals surface area contributed by atoms with Crippen molar-refractivity contribution in [3.63, 3.8) is 0 Å². The maximum atomic E-state index is 13.2. The molecule has 0 saturated heterocycles. The van der Waals surface area contributed by atoms with Crippen molar-refractivity contribution in [1.29, 1.82) is 0 Å². The predicted octanol–water partition coefficient (Wildman–Crippen LogP) is 3.43. The summed E-state index contributed by atoms with van der Waals surface area (Å²) in [5, 5.41) is 6.02. The fourth-order valence-electron chi connectivity index (χ4n) is 2.71. The average molecular weight is 398 g/mol. The molecule has 0 atom stereocenters. The van der Waals surface area contributed by atoms with Crippen LogP contribution in [0.15, 0.2) is 54.6 Å². The van der Waals surface area contributed by atoms with Gasteiger partial charge in [0.05, 0.1) is 5.56 Å². The number of carbonyl (C=O) groups excluding carboxylic acids is 2. The van der Waals surface area contributed by atoms with Crippen molar-refractivity contribution in [2.45, 2.75) is 13.1 Å². The third-order valence-corrected chi connectivity index (χ3v) is 5.12. The van der Waals surface area contributed by atoms with E-state index in [1.165, 1.54) is 23.5 Å². The van der Waals surface area contributed by atoms with Gasteiger partial charge in [0.2, 0.25) is 0 Å². The smallest absolute Gasteiger partial charge is 0.317 e. The van der Waals surface area contributed by atoms with Crippen molar-refractivity contribution < 1.29 is 14.0 Å². The lowest BCUT2D eigenvalue weighted by Crippen LogP contribution is -2.21. The molecule has 0 spiro atoms. The van der Waals surface area contributed by atoms with Gasteiger partial charge in [0.15, 0.2) is 0 Å². The van der Waals surface area contributed by atoms with E-state index < -0.39 is 11.9 Å². The van der Waals surface area contributed by atoms with E-state index in [1.54, 1.807) is 12.1 Å². The number of rotatable bonds is 7. The average Bonchev–Trinajstić information content (AvgIpc) is 3.06. The molecule has 3 rings (SSSR count). The van der Waals surface area contributed by atoms with Gasteiger partial charge in [-0.15, -0.1) is 11.3 Å². The minimum atomic E-state index is -0.754. The lowest BCUT2D eigenvalue weighted by molar-refractivity contribution is 0.100. The number of anilines is 1. The Labute approximate surface area is 165 Å². The molecule has 0 bridgehead atoms. The van der Waals surface area contributed by atoms with Crippen molar-refractivity contribution in [3.8, 4) is 10.4 Å². The van der Waals surface area contributed by atoms with Crippen LogP contribution in [0.2, 0.25) is 0 Å². The van der Waals surface area contributed by atoms with Crippen molar-refractivity contribution in [2.24, 2.45) is 11.5 Å². The second kappa shape index (κ2) is 8.64. The van der Waals surface area contributed by atoms with E-state index in [4.69, 9.17) is 11.5 Å². The van der Waals surface area contributed by atoms with Gasteiger partial charge in [-0.25, -0.2) is 9.18 Å². The van der Waals surface area contributed by atoms with E-state index in [1.807, 2.05) is 30.3 Å². The van der Waals surface area contributed by atoms with Gasteiger partial charge >= 0.3 is 6.03 Å². The van der Waals surface area contributed by atoms with Gasteiger partial charge in [-0.3, -0.25) is 10.1 Å². The number of halogens is 1. The molecule has 0 radical (unpaired) electrons. The summed E-state index contributed by atoms with van der Waals surface area (Å²) in [7, 11) is 0. The molecule has 3 amide bonds. The fourth-order valence-corrected chi connectivity index (χ4v) is 3.78. The minimum absolute atomic E-state index is 0.222. The largest absolute Gasteiger partial charge is 0.366 e. The topological polar surface area (TPSA) is 110 Å². The second-order valence-corrected chi connectivity index (χ2v) is 7.19. The van der Waals surface area contributed by atoms with Crippen LogP contribution >= 0.6 is 11.3 Å². The summed E-state index contributed by atoms with van der Waals surface area (Å²) in [6, 6.07) is 15.1. The van der Waals surface area contributed by atoms with Crippen LogP contribution in [0, 0.1) is 5.82 Å². The first-order valence-corrected chi connectivity index (χ1v) is 9.28. The number of nitrogens with one attached hydrogen (secondary N) is 2. The number of primary amides is 2. The normalized spacial score (nSPS) is 10.6. The first-order chi connectivity index (χ1) is 13.4. The Morgan fingerprint density at radius 1 is 0.964 bits per heavy atom. The molecule has 0 saturated carbocycles. The molecule has 0 aliphatic heterocycles. The van der Waals surface area contributed by atoms with Crippen LogP contribution in [-0.4, -0.2) is 11.9 Å². The summed E-state index contributed by atoms with van der Waals surface area (Å²) in [5.74, 6) is -0.885. The van der Waals surface area contributed by atoms with Crippen LogP contribution in [0.3, 0.4) is 0 Å². The van der Waals surface area contributed by atoms with Gasteiger partial charge in [0, 0.05) is 18.0 Å². The summed E-state index contributed by atoms with van der Waals surface area (Å²) in [4.78, 5) is 23.4. The van der Waals surface area contributed by atoms with E-state index in [9.17, 15) is 14.0 Å². The van der Waals surface area contributed by atoms with E-state index in [-0.39, 0.29) is 11.4 Å². The SMILES string of the molecule is NC(=O)Nc1sc(-c2ccc(CNCc3cccc(F)c3)cc2)cc1C(N)=O. The van der Waals surface area contributed by atoms with Crippen molar-refractivity contribution >= 4 is 28.3 Å². The Bertz CT molecular complexity index is 1000. The molecule has 144 valence electrons. The second-order valence-electron chi connectivity index (χ2n) is 6.14. The molecule has 1 heterocycles. The highest BCUT2D eigenvalue weighted by Crippen LogP contribution is 2.35. The van der Waals surface area contributed by atoms with Gasteiger partial charge in [0.25, 0.3) is 5.91 Å². The maximum absolute atomic E-state index is 13.2. The summed E-state index contributed by atoms with van der Waals surface area (Å²) in [6.45, 7) is 1.19. The Morgan fingerprint density at radius 3 is 2.32 bits per heavy atom. The Hall–Kier alpha value is -3.23. The van der Waals surface area contributed by atoms with Crippen molar-refractivity contribution in [3.05, 3.63) is 77.1 Å². The van der Waals surface area contributed by atoms with Gasteiger partial charge in [-0.2, -0.15) is 0 Å². The number of hydrogen-bond donors (Lipinski definition) is 4. The van der Waals surface area contributed by atoms with E-state index >= 15 is 0 Å². The molecule has 0 unspecified atom stereocenters. The molecule has 1 aromatic heterocycles. The van der Waals surface area contributed by atoms with Gasteiger partial charge < -0.3 is 16.8 Å². The van der Waals surface area contributed by atoms with Crippen LogP contribution in [0.25, 0.3) is 10.4 Å². The molecule has 0 fully saturated rings. The lowest BCUT2D eigenvalue weighted by atomic mass is 10.1. The molecule has 8 heteroatoms. The number of carbonyl (C=O) groups is 2. The van der Waals surface area contributed by atoms with Crippen LogP contribution in [-0.2, 0) is 13.1 Å². The van der Waals surface area contributed by atoms with Crippen molar-refractivity contribution in [1.82, 2.24) is 5.32 Å². The summed E-state index contributed by atoms with van der Waals surface area (Å²) in [5.41, 5.74) is 13.5. The van der Waals surface area contributed by atoms with E-state index in [0.717, 1.165) is 21.6 Å². The molecule has 0 aliphatic rings. The summed E-state index contributed by atoms with van der Waals surface area (Å²) < 4.78 is 13.2. The van der Waals surface area contributed by atoms with Crippen LogP contribution in [0.1, 0.15) is 21.5 Å². The molecule has 3 aromatic rings. The quantitative estimate of drug-likeness (QED) is 0.489. The maximum Gasteiger partial charge on any atom is 0.317 e. The van der Waals surface area contributed by atoms with E-state index in [0.29, 0.717) is 18.1 Å². The number of thiophene rings is 1. The monoisotopic (exact) mass is 398 g/mol. The molecule has 0 aliphatic carbocycles. The predicted molar refractivity (Wildman–Crippen MR) is 108 cm³/mol. The Morgan fingerprint density at radius 2 is 1.68 bits per heavy atom. The molecular weight excluding hydrogens is 379 g/mol. The first kappa shape index (κ1) is 19.5. The minimum Gasteiger partial charge on any atom is -0.366 e. The van der Waals surface area contributed by atoms with Gasteiger partial charge in [-0.1, -0.05) is 36.4 Å². The highest BCUT2D eigenvalue weighted by Gasteiger charge is 2.16. The van der Waals surface area contributed by atoms with Crippen LogP contribution in [0.5, 0.6) is 0 Å². The lowest BCUT2D eigenvalue weighted by Gasteiger charge is -2.06. The van der Waals surface area contributed by atoms with E-state index in [2.05, 4.69) is 10.6 Å². The third kappa shape index (κ3) is 4.93. The number of nitrogens with two attached hydrogens (primary N) is 2. The Balaban J connectivity index is 1.67. The molecule has 6 N–H and O–H groups in total. The highest BCUT2D eigenvalue weighted by molar-refractivity contribution is 7.20. The molecule has 6 nitrogen and oxygen atoms in total. The summed E-state index contributed by atoms with van der Waals surface area (Å²) >= 11 is 1.23. The third-order valence-electron chi connectivity index (χ3n) is 4.02. The van der Waals surface area contributed by atoms with Crippen molar-refractivity contribution in [2.75, 3.05) is 5.32 Å². The Kier molecular flexibility index (Phi) is 6.03. The van der Waals surface area contributed by atoms with Crippen LogP contribution < -0.4 is 22.1 Å². The van der Waals surface area contributed by atoms with Crippen LogP contribution in [0.4, 0.5) is 14.2 Å². The number of amides is 3. The zero-order valence-corrected chi connectivity index (χ0v) is 15.7. The fraction of sp³-hybridized carbons (Fsp3) is 0.100. The molecule has 2 aromatic carbocycles. The number of hydrogen-bond acceptors (Lipinski definition) is 4. The standard InChI is InChI=1S/C20H19FN4O2S/c21-15-3-1-2-13(8-15)11-24-10-12-4-6-14(7-5-12)17-9-16(18(22)26)19(28-17)25-20(23)27/h1-9,24H,10-11H2,(H2,22,26)(H3,23,25,27). The zero-order valence-electron chi connectivity index (χ0n) is 14.9. The molecular formula is C20H19FN4O2S. The van der Waals surface area contributed by atoms with Gasteiger partial charge in [-0.05, 0) is 34.9 Å². The number of urea groups is 1. The zero-order chi connectivity index (χ0) is 20.1. The summed E-state index contributed by atoms with van der Waals surface area (Å²) in [6.07, 6.45) is 0.